The number of carbonyl (C=O) groups is 1. The van der Waals surface area contributed by atoms with E-state index >= 15 is 0 Å². The molecule has 2 saturated heterocycles. The molecule has 1 N–H and O–H groups in total. The SMILES string of the molecule is Cc1c(-c2ncco2)sc2c1c(=O)n(C1(C(=O)O)CC1)c(=O)n2C[C@H](O[C@H]1C[C@H]2CC[C@@H](C1)O2)c1cc(F)ccc1OC(F)F. The van der Waals surface area contributed by atoms with Crippen LogP contribution in [0.5, 0.6) is 5.75 Å². The molecular formula is C30H28F3N3O8S. The van der Waals surface area contributed by atoms with Crippen molar-refractivity contribution in [2.24, 2.45) is 0 Å². The Kier molecular flexibility index (Phi) is 7.36. The van der Waals surface area contributed by atoms with Gasteiger partial charge in [-0.25, -0.2) is 23.5 Å². The van der Waals surface area contributed by atoms with Crippen LogP contribution in [0.2, 0.25) is 0 Å². The second kappa shape index (κ2) is 11.1. The first-order chi connectivity index (χ1) is 21.6. The molecule has 3 aliphatic rings. The largest absolute Gasteiger partial charge is 0.479 e. The Bertz CT molecular complexity index is 1890. The number of thiophene rings is 1. The van der Waals surface area contributed by atoms with Gasteiger partial charge in [0.2, 0.25) is 5.89 Å². The number of oxazole rings is 1. The quantitative estimate of drug-likeness (QED) is 0.253. The fourth-order valence-electron chi connectivity index (χ4n) is 6.58. The third-order valence-corrected chi connectivity index (χ3v) is 10.2. The summed E-state index contributed by atoms with van der Waals surface area (Å²) in [5.74, 6) is -2.20. The van der Waals surface area contributed by atoms with Crippen molar-refractivity contribution in [1.82, 2.24) is 14.1 Å². The number of alkyl halides is 2. The molecule has 5 heterocycles. The van der Waals surface area contributed by atoms with Crippen molar-refractivity contribution in [2.75, 3.05) is 0 Å². The van der Waals surface area contributed by atoms with Crippen LogP contribution in [0.4, 0.5) is 13.2 Å². The van der Waals surface area contributed by atoms with Crippen LogP contribution in [0.3, 0.4) is 0 Å². The number of fused-ring (bicyclic) bond motifs is 3. The zero-order valence-electron chi connectivity index (χ0n) is 23.9. The van der Waals surface area contributed by atoms with Crippen LogP contribution in [-0.4, -0.2) is 50.1 Å². The van der Waals surface area contributed by atoms with Gasteiger partial charge in [0.25, 0.3) is 5.56 Å². The molecule has 238 valence electrons. The van der Waals surface area contributed by atoms with Crippen LogP contribution < -0.4 is 16.0 Å². The first-order valence-electron chi connectivity index (χ1n) is 14.5. The lowest BCUT2D eigenvalue weighted by Crippen LogP contribution is -2.49. The third kappa shape index (κ3) is 5.16. The molecule has 15 heteroatoms. The predicted molar refractivity (Wildman–Crippen MR) is 153 cm³/mol. The highest BCUT2D eigenvalue weighted by atomic mass is 32.1. The van der Waals surface area contributed by atoms with E-state index in [0.29, 0.717) is 23.3 Å². The van der Waals surface area contributed by atoms with E-state index < -0.39 is 47.4 Å². The number of carboxylic acids is 1. The van der Waals surface area contributed by atoms with Crippen molar-refractivity contribution >= 4 is 27.5 Å². The number of aromatic nitrogens is 3. The van der Waals surface area contributed by atoms with Gasteiger partial charge < -0.3 is 23.7 Å². The number of rotatable bonds is 10. The molecule has 11 nitrogen and oxygen atoms in total. The highest BCUT2D eigenvalue weighted by Crippen LogP contribution is 2.44. The van der Waals surface area contributed by atoms with Gasteiger partial charge >= 0.3 is 18.3 Å². The van der Waals surface area contributed by atoms with Crippen molar-refractivity contribution in [3.05, 3.63) is 68.4 Å². The molecule has 4 aromatic rings. The topological polar surface area (TPSA) is 135 Å². The van der Waals surface area contributed by atoms with Crippen molar-refractivity contribution in [2.45, 2.75) is 88.6 Å². The van der Waals surface area contributed by atoms with Gasteiger partial charge in [0.05, 0.1) is 41.3 Å². The van der Waals surface area contributed by atoms with E-state index in [4.69, 9.17) is 18.6 Å². The Morgan fingerprint density at radius 1 is 1.22 bits per heavy atom. The second-order valence-corrected chi connectivity index (χ2v) is 12.7. The van der Waals surface area contributed by atoms with Crippen molar-refractivity contribution < 1.29 is 41.7 Å². The Morgan fingerprint density at radius 2 is 1.96 bits per heavy atom. The smallest absolute Gasteiger partial charge is 0.387 e. The Morgan fingerprint density at radius 3 is 2.58 bits per heavy atom. The lowest BCUT2D eigenvalue weighted by molar-refractivity contribution is -0.142. The third-order valence-electron chi connectivity index (χ3n) is 8.88. The minimum absolute atomic E-state index is 0.0522. The molecule has 2 aliphatic heterocycles. The fourth-order valence-corrected chi connectivity index (χ4v) is 7.83. The number of aryl methyl sites for hydroxylation is 1. The summed E-state index contributed by atoms with van der Waals surface area (Å²) < 4.78 is 66.3. The van der Waals surface area contributed by atoms with E-state index in [-0.39, 0.29) is 59.0 Å². The van der Waals surface area contributed by atoms with Gasteiger partial charge in [-0.05, 0) is 69.2 Å². The van der Waals surface area contributed by atoms with Crippen LogP contribution in [0.15, 0.2) is 44.7 Å². The summed E-state index contributed by atoms with van der Waals surface area (Å²) in [4.78, 5) is 45.3. The molecule has 1 aliphatic carbocycles. The molecule has 4 atom stereocenters. The summed E-state index contributed by atoms with van der Waals surface area (Å²) in [6.07, 6.45) is 3.88. The second-order valence-electron chi connectivity index (χ2n) is 11.7. The molecule has 3 fully saturated rings. The van der Waals surface area contributed by atoms with E-state index in [2.05, 4.69) is 4.98 Å². The summed E-state index contributed by atoms with van der Waals surface area (Å²) in [6.45, 7) is -1.95. The molecule has 1 aromatic carbocycles. The highest BCUT2D eigenvalue weighted by molar-refractivity contribution is 7.22. The maximum atomic E-state index is 14.7. The van der Waals surface area contributed by atoms with Gasteiger partial charge in [-0.3, -0.25) is 9.36 Å². The van der Waals surface area contributed by atoms with Gasteiger partial charge in [-0.2, -0.15) is 8.78 Å². The Labute approximate surface area is 256 Å². The predicted octanol–water partition coefficient (Wildman–Crippen LogP) is 4.97. The van der Waals surface area contributed by atoms with Crippen molar-refractivity contribution in [3.63, 3.8) is 0 Å². The summed E-state index contributed by atoms with van der Waals surface area (Å²) in [6, 6.07) is 3.07. The minimum Gasteiger partial charge on any atom is -0.479 e. The maximum absolute atomic E-state index is 14.7. The minimum atomic E-state index is -3.22. The number of aliphatic carboxylic acids is 1. The van der Waals surface area contributed by atoms with Crippen LogP contribution in [0, 0.1) is 12.7 Å². The number of hydrogen-bond acceptors (Lipinski definition) is 9. The number of halogens is 3. The molecule has 0 radical (unpaired) electrons. The normalized spacial score (nSPS) is 22.6. The molecule has 0 spiro atoms. The number of hydrogen-bond donors (Lipinski definition) is 1. The van der Waals surface area contributed by atoms with Crippen LogP contribution in [-0.2, 0) is 26.4 Å². The molecule has 0 unspecified atom stereocenters. The van der Waals surface area contributed by atoms with E-state index in [0.717, 1.165) is 46.9 Å². The lowest BCUT2D eigenvalue weighted by Gasteiger charge is -2.32. The Balaban J connectivity index is 1.42. The number of carboxylic acid groups (broad SMARTS) is 1. The first-order valence-corrected chi connectivity index (χ1v) is 15.3. The van der Waals surface area contributed by atoms with Gasteiger partial charge in [-0.1, -0.05) is 0 Å². The van der Waals surface area contributed by atoms with Gasteiger partial charge in [0.15, 0.2) is 0 Å². The Hall–Kier alpha value is -3.95. The van der Waals surface area contributed by atoms with E-state index in [1.807, 2.05) is 0 Å². The molecule has 1 saturated carbocycles. The number of benzene rings is 1. The zero-order chi connectivity index (χ0) is 31.6. The summed E-state index contributed by atoms with van der Waals surface area (Å²) >= 11 is 1.04. The molecule has 3 aromatic heterocycles. The molecule has 0 amide bonds. The van der Waals surface area contributed by atoms with Crippen LogP contribution in [0.25, 0.3) is 21.0 Å². The van der Waals surface area contributed by atoms with Gasteiger partial charge in [0, 0.05) is 5.56 Å². The number of ether oxygens (including phenoxy) is 3. The summed E-state index contributed by atoms with van der Waals surface area (Å²) in [5, 5.41) is 10.2. The van der Waals surface area contributed by atoms with Gasteiger partial charge in [-0.15, -0.1) is 11.3 Å². The lowest BCUT2D eigenvalue weighted by atomic mass is 10.0. The number of nitrogens with zero attached hydrogens (tertiary/aromatic N) is 3. The molecule has 7 rings (SSSR count). The van der Waals surface area contributed by atoms with Crippen LogP contribution >= 0.6 is 11.3 Å². The zero-order valence-corrected chi connectivity index (χ0v) is 24.7. The standard InChI is InChI=1S/C30H28F3N3O8S/c1-14-22-25(37)36(30(6-7-30)27(38)39)29(40)35(26(22)45-23(14)24-34-8-9-41-24)13-21(43-18-11-16-3-4-17(12-18)42-16)19-10-15(31)2-5-20(19)44-28(32)33/h2,5,8-10,16-18,21,28H,3-4,6-7,11-13H2,1H3,(H,38,39)/t16-,17+,18+,21-/m0/s1. The van der Waals surface area contributed by atoms with Crippen molar-refractivity contribution in [1.29, 1.82) is 0 Å². The highest BCUT2D eigenvalue weighted by Gasteiger charge is 2.55. The maximum Gasteiger partial charge on any atom is 0.387 e. The van der Waals surface area contributed by atoms with Gasteiger partial charge in [0.1, 0.15) is 34.3 Å². The molecular weight excluding hydrogens is 619 g/mol. The first kappa shape index (κ1) is 29.7. The average molecular weight is 648 g/mol. The monoisotopic (exact) mass is 647 g/mol. The van der Waals surface area contributed by atoms with E-state index in [9.17, 15) is 32.7 Å². The van der Waals surface area contributed by atoms with Crippen LogP contribution in [0.1, 0.15) is 55.8 Å². The van der Waals surface area contributed by atoms with Crippen molar-refractivity contribution in [3.8, 4) is 16.5 Å². The van der Waals surface area contributed by atoms with E-state index in [1.165, 1.54) is 17.0 Å². The molecule has 45 heavy (non-hydrogen) atoms. The fraction of sp³-hybridized carbons (Fsp3) is 0.467. The van der Waals surface area contributed by atoms with E-state index in [1.54, 1.807) is 6.92 Å². The summed E-state index contributed by atoms with van der Waals surface area (Å²) in [5.41, 5.74) is -3.06. The average Bonchev–Trinajstić information content (AvgIpc) is 3.28. The molecule has 2 bridgehead atoms. The summed E-state index contributed by atoms with van der Waals surface area (Å²) in [7, 11) is 0.